The molecule has 0 aromatic carbocycles. The van der Waals surface area contributed by atoms with Crippen molar-refractivity contribution in [2.24, 2.45) is 0 Å². The van der Waals surface area contributed by atoms with Gasteiger partial charge in [0.15, 0.2) is 0 Å². The highest BCUT2D eigenvalue weighted by Gasteiger charge is 2.23. The lowest BCUT2D eigenvalue weighted by atomic mass is 10.1. The monoisotopic (exact) mass is 345 g/mol. The van der Waals surface area contributed by atoms with E-state index < -0.39 is 0 Å². The second-order valence-corrected chi connectivity index (χ2v) is 6.79. The molecule has 1 amide bonds. The minimum atomic E-state index is -0.188. The van der Waals surface area contributed by atoms with Gasteiger partial charge in [0, 0.05) is 10.9 Å². The van der Waals surface area contributed by atoms with E-state index in [-0.39, 0.29) is 11.9 Å². The molecule has 9 heteroatoms. The number of amides is 1. The first-order valence-corrected chi connectivity index (χ1v) is 8.52. The third kappa shape index (κ3) is 2.82. The van der Waals surface area contributed by atoms with Crippen molar-refractivity contribution in [1.29, 1.82) is 0 Å². The van der Waals surface area contributed by atoms with Crippen LogP contribution in [-0.4, -0.2) is 35.9 Å². The number of thiophene rings is 1. The third-order valence-corrected chi connectivity index (χ3v) is 5.27. The van der Waals surface area contributed by atoms with Crippen LogP contribution >= 0.6 is 11.3 Å². The molecule has 126 valence electrons. The molecule has 0 aliphatic carbocycles. The van der Waals surface area contributed by atoms with Crippen molar-refractivity contribution in [3.05, 3.63) is 34.6 Å². The van der Waals surface area contributed by atoms with Crippen molar-refractivity contribution in [2.75, 3.05) is 5.32 Å². The predicted octanol–water partition coefficient (Wildman–Crippen LogP) is 2.76. The van der Waals surface area contributed by atoms with Gasteiger partial charge in [-0.15, -0.1) is 16.4 Å². The molecule has 0 saturated heterocycles. The van der Waals surface area contributed by atoms with Crippen LogP contribution in [0, 0.1) is 13.8 Å². The molecule has 1 N–H and O–H groups in total. The lowest BCUT2D eigenvalue weighted by molar-refractivity contribution is 0.102. The van der Waals surface area contributed by atoms with E-state index in [4.69, 9.17) is 0 Å². The first-order chi connectivity index (χ1) is 11.5. The number of aryl methyl sites for hydroxylation is 1. The molecule has 3 rings (SSSR count). The van der Waals surface area contributed by atoms with E-state index >= 15 is 0 Å². The summed E-state index contributed by atoms with van der Waals surface area (Å²) in [5, 5.41) is 19.2. The van der Waals surface area contributed by atoms with Gasteiger partial charge in [-0.05, 0) is 43.2 Å². The molecule has 0 saturated carbocycles. The summed E-state index contributed by atoms with van der Waals surface area (Å²) in [6.07, 6.45) is 4.11. The number of tetrazole rings is 1. The highest BCUT2D eigenvalue weighted by molar-refractivity contribution is 7.15. The summed E-state index contributed by atoms with van der Waals surface area (Å²) >= 11 is 1.49. The van der Waals surface area contributed by atoms with Crippen LogP contribution in [0.4, 0.5) is 5.82 Å². The van der Waals surface area contributed by atoms with Crippen molar-refractivity contribution < 1.29 is 4.79 Å². The van der Waals surface area contributed by atoms with Crippen LogP contribution in [0.2, 0.25) is 0 Å². The van der Waals surface area contributed by atoms with E-state index in [0.29, 0.717) is 16.4 Å². The van der Waals surface area contributed by atoms with Gasteiger partial charge >= 0.3 is 0 Å². The Balaban J connectivity index is 1.96. The van der Waals surface area contributed by atoms with Crippen LogP contribution in [0.1, 0.15) is 47.1 Å². The molecule has 3 aromatic rings. The van der Waals surface area contributed by atoms with E-state index in [1.54, 1.807) is 12.3 Å². The fourth-order valence-corrected chi connectivity index (χ4v) is 3.48. The Labute approximate surface area is 143 Å². The second-order valence-electron chi connectivity index (χ2n) is 5.59. The maximum atomic E-state index is 12.9. The maximum Gasteiger partial charge on any atom is 0.260 e. The summed E-state index contributed by atoms with van der Waals surface area (Å²) in [5.41, 5.74) is 1.51. The Bertz CT molecular complexity index is 849. The number of carbonyl (C=O) groups is 1. The van der Waals surface area contributed by atoms with Gasteiger partial charge in [-0.2, -0.15) is 9.78 Å². The topological polar surface area (TPSA) is 90.5 Å². The van der Waals surface area contributed by atoms with Gasteiger partial charge in [-0.3, -0.25) is 4.79 Å². The second kappa shape index (κ2) is 6.52. The molecule has 8 nitrogen and oxygen atoms in total. The molecule has 0 unspecified atom stereocenters. The van der Waals surface area contributed by atoms with E-state index in [9.17, 15) is 4.79 Å². The summed E-state index contributed by atoms with van der Waals surface area (Å²) < 4.78 is 3.34. The summed E-state index contributed by atoms with van der Waals surface area (Å²) in [6, 6.07) is 2.01. The van der Waals surface area contributed by atoms with Crippen molar-refractivity contribution in [3.8, 4) is 5.00 Å². The molecule has 0 radical (unpaired) electrons. The largest absolute Gasteiger partial charge is 0.307 e. The first kappa shape index (κ1) is 16.3. The van der Waals surface area contributed by atoms with E-state index in [2.05, 4.69) is 39.8 Å². The number of aromatic nitrogens is 6. The van der Waals surface area contributed by atoms with Gasteiger partial charge < -0.3 is 5.32 Å². The molecule has 0 aliphatic rings. The minimum Gasteiger partial charge on any atom is -0.307 e. The van der Waals surface area contributed by atoms with Gasteiger partial charge in [0.1, 0.15) is 17.1 Å². The molecule has 0 fully saturated rings. The average molecular weight is 345 g/mol. The highest BCUT2D eigenvalue weighted by atomic mass is 32.1. The highest BCUT2D eigenvalue weighted by Crippen LogP contribution is 2.31. The standard InChI is InChI=1S/C15H19N7OS/c1-5-9(2)22-12(6-7-17-22)18-14(23)13-10(3)11(4)24-15(13)21-8-16-19-20-21/h6-9H,5H2,1-4H3,(H,18,23)/t9-/m1/s1. The summed E-state index contributed by atoms with van der Waals surface area (Å²) in [7, 11) is 0. The van der Waals surface area contributed by atoms with Crippen molar-refractivity contribution in [2.45, 2.75) is 40.2 Å². The quantitative estimate of drug-likeness (QED) is 0.768. The first-order valence-electron chi connectivity index (χ1n) is 7.71. The Morgan fingerprint density at radius 2 is 2.21 bits per heavy atom. The van der Waals surface area contributed by atoms with Crippen LogP contribution in [0.5, 0.6) is 0 Å². The average Bonchev–Trinajstić information content (AvgIpc) is 3.28. The number of hydrogen-bond acceptors (Lipinski definition) is 6. The number of hydrogen-bond donors (Lipinski definition) is 1. The van der Waals surface area contributed by atoms with Gasteiger partial charge in [0.2, 0.25) is 0 Å². The number of nitrogens with zero attached hydrogens (tertiary/aromatic N) is 6. The molecule has 1 atom stereocenters. The SMILES string of the molecule is CC[C@@H](C)n1nccc1NC(=O)c1c(-n2cnnn2)sc(C)c1C. The fraction of sp³-hybridized carbons (Fsp3) is 0.400. The third-order valence-electron chi connectivity index (χ3n) is 4.07. The Morgan fingerprint density at radius 1 is 1.42 bits per heavy atom. The van der Waals surface area contributed by atoms with E-state index in [1.165, 1.54) is 22.3 Å². The summed E-state index contributed by atoms with van der Waals surface area (Å²) in [4.78, 5) is 14.0. The zero-order valence-electron chi connectivity index (χ0n) is 14.0. The smallest absolute Gasteiger partial charge is 0.260 e. The minimum absolute atomic E-state index is 0.188. The zero-order valence-corrected chi connectivity index (χ0v) is 14.8. The van der Waals surface area contributed by atoms with E-state index in [1.807, 2.05) is 18.5 Å². The molecule has 3 heterocycles. The Kier molecular flexibility index (Phi) is 4.43. The molecule has 0 bridgehead atoms. The lowest BCUT2D eigenvalue weighted by Gasteiger charge is -2.14. The van der Waals surface area contributed by atoms with Gasteiger partial charge in [-0.25, -0.2) is 4.68 Å². The number of carbonyl (C=O) groups excluding carboxylic acids is 1. The predicted molar refractivity (Wildman–Crippen MR) is 91.7 cm³/mol. The van der Waals surface area contributed by atoms with Gasteiger partial charge in [0.25, 0.3) is 5.91 Å². The number of nitrogens with one attached hydrogen (secondary N) is 1. The number of anilines is 1. The lowest BCUT2D eigenvalue weighted by Crippen LogP contribution is -2.19. The van der Waals surface area contributed by atoms with Crippen LogP contribution in [0.25, 0.3) is 5.00 Å². The zero-order chi connectivity index (χ0) is 17.3. The van der Waals surface area contributed by atoms with E-state index in [0.717, 1.165) is 16.9 Å². The molecule has 24 heavy (non-hydrogen) atoms. The summed E-state index contributed by atoms with van der Waals surface area (Å²) in [6.45, 7) is 8.06. The van der Waals surface area contributed by atoms with Crippen LogP contribution in [-0.2, 0) is 0 Å². The molecule has 0 aliphatic heterocycles. The molecule has 3 aromatic heterocycles. The van der Waals surface area contributed by atoms with Crippen molar-refractivity contribution >= 4 is 23.1 Å². The van der Waals surface area contributed by atoms with Crippen LogP contribution < -0.4 is 5.32 Å². The van der Waals surface area contributed by atoms with Crippen LogP contribution in [0.3, 0.4) is 0 Å². The van der Waals surface area contributed by atoms with Crippen LogP contribution in [0.15, 0.2) is 18.6 Å². The fourth-order valence-electron chi connectivity index (χ4n) is 2.41. The molecular weight excluding hydrogens is 326 g/mol. The molecular formula is C15H19N7OS. The molecule has 0 spiro atoms. The maximum absolute atomic E-state index is 12.9. The normalized spacial score (nSPS) is 12.3. The van der Waals surface area contributed by atoms with Gasteiger partial charge in [0.05, 0.1) is 17.8 Å². The Hall–Kier alpha value is -2.55. The van der Waals surface area contributed by atoms with Crippen molar-refractivity contribution in [1.82, 2.24) is 30.0 Å². The summed E-state index contributed by atoms with van der Waals surface area (Å²) in [5.74, 6) is 0.493. The number of rotatable bonds is 5. The van der Waals surface area contributed by atoms with Crippen molar-refractivity contribution in [3.63, 3.8) is 0 Å². The Morgan fingerprint density at radius 3 is 2.88 bits per heavy atom. The van der Waals surface area contributed by atoms with Gasteiger partial charge in [-0.1, -0.05) is 6.92 Å².